The van der Waals surface area contributed by atoms with Gasteiger partial charge >= 0.3 is 0 Å². The largest absolute Gasteiger partial charge is 0.309 e. The SMILES string of the molecule is CC1(C)c2ccccc2-c2c(N(c3ccc(-c4cccc5c4-c4ccccc4C5(c4ccccc4)c4ccccc4)cc3)c3cccc4c3-c3ccccc3C4(c3ccccc3)c3ccccc3)cc3ccccc3c21. The fourth-order valence-electron chi connectivity index (χ4n) is 14.4. The van der Waals surface area contributed by atoms with Gasteiger partial charge < -0.3 is 4.90 Å². The van der Waals surface area contributed by atoms with E-state index in [4.69, 9.17) is 0 Å². The van der Waals surface area contributed by atoms with Crippen LogP contribution in [0.25, 0.3) is 55.3 Å². The highest BCUT2D eigenvalue weighted by molar-refractivity contribution is 6.08. The molecule has 0 N–H and O–H groups in total. The lowest BCUT2D eigenvalue weighted by Gasteiger charge is -2.35. The summed E-state index contributed by atoms with van der Waals surface area (Å²) in [7, 11) is 0. The molecular formula is C75H53N. The van der Waals surface area contributed by atoms with Crippen molar-refractivity contribution in [2.24, 2.45) is 0 Å². The highest BCUT2D eigenvalue weighted by Gasteiger charge is 2.49. The van der Waals surface area contributed by atoms with Crippen molar-refractivity contribution in [1.29, 1.82) is 0 Å². The zero-order valence-corrected chi connectivity index (χ0v) is 42.6. The third kappa shape index (κ3) is 6.03. The molecule has 0 saturated heterocycles. The molecule has 0 radical (unpaired) electrons. The highest BCUT2D eigenvalue weighted by atomic mass is 15.1. The van der Waals surface area contributed by atoms with E-state index in [1.807, 2.05) is 0 Å². The first kappa shape index (κ1) is 44.2. The van der Waals surface area contributed by atoms with E-state index in [0.29, 0.717) is 0 Å². The Morgan fingerprint density at radius 3 is 1.25 bits per heavy atom. The Labute approximate surface area is 445 Å². The van der Waals surface area contributed by atoms with Gasteiger partial charge in [-0.05, 0) is 124 Å². The van der Waals surface area contributed by atoms with Gasteiger partial charge in [-0.3, -0.25) is 0 Å². The predicted molar refractivity (Wildman–Crippen MR) is 316 cm³/mol. The van der Waals surface area contributed by atoms with Crippen LogP contribution in [0.3, 0.4) is 0 Å². The average molecular weight is 968 g/mol. The van der Waals surface area contributed by atoms with Crippen molar-refractivity contribution in [3.8, 4) is 44.5 Å². The number of hydrogen-bond donors (Lipinski definition) is 0. The summed E-state index contributed by atoms with van der Waals surface area (Å²) in [5.74, 6) is 0. The van der Waals surface area contributed by atoms with Crippen LogP contribution in [0.5, 0.6) is 0 Å². The van der Waals surface area contributed by atoms with Gasteiger partial charge in [0, 0.05) is 22.2 Å². The van der Waals surface area contributed by atoms with Crippen molar-refractivity contribution in [3.63, 3.8) is 0 Å². The second-order valence-electron chi connectivity index (χ2n) is 21.4. The summed E-state index contributed by atoms with van der Waals surface area (Å²) < 4.78 is 0. The maximum Gasteiger partial charge on any atom is 0.0714 e. The van der Waals surface area contributed by atoms with Gasteiger partial charge in [-0.25, -0.2) is 0 Å². The Hall–Kier alpha value is -9.30. The fourth-order valence-corrected chi connectivity index (χ4v) is 14.4. The van der Waals surface area contributed by atoms with Crippen LogP contribution in [0.15, 0.2) is 285 Å². The van der Waals surface area contributed by atoms with Gasteiger partial charge in [0.1, 0.15) is 0 Å². The van der Waals surface area contributed by atoms with Gasteiger partial charge in [-0.15, -0.1) is 0 Å². The second-order valence-corrected chi connectivity index (χ2v) is 21.4. The molecule has 0 amide bonds. The predicted octanol–water partition coefficient (Wildman–Crippen LogP) is 19.0. The quantitative estimate of drug-likeness (QED) is 0.147. The summed E-state index contributed by atoms with van der Waals surface area (Å²) >= 11 is 0. The minimum atomic E-state index is -0.557. The molecule has 1 heteroatoms. The molecule has 12 aromatic rings. The Morgan fingerprint density at radius 1 is 0.289 bits per heavy atom. The number of benzene rings is 12. The summed E-state index contributed by atoms with van der Waals surface area (Å²) in [5.41, 5.74) is 25.2. The van der Waals surface area contributed by atoms with Crippen molar-refractivity contribution in [1.82, 2.24) is 0 Å². The lowest BCUT2D eigenvalue weighted by Crippen LogP contribution is -2.28. The third-order valence-electron chi connectivity index (χ3n) is 17.4. The lowest BCUT2D eigenvalue weighted by atomic mass is 9.67. The minimum absolute atomic E-state index is 0.239. The first-order valence-corrected chi connectivity index (χ1v) is 26.8. The van der Waals surface area contributed by atoms with E-state index in [2.05, 4.69) is 304 Å². The zero-order chi connectivity index (χ0) is 50.6. The van der Waals surface area contributed by atoms with Crippen LogP contribution in [0.4, 0.5) is 17.1 Å². The first-order chi connectivity index (χ1) is 37.5. The fraction of sp³-hybridized carbons (Fsp3) is 0.0667. The molecule has 12 aromatic carbocycles. The van der Waals surface area contributed by atoms with Gasteiger partial charge in [-0.1, -0.05) is 275 Å². The molecule has 3 aliphatic rings. The Kier molecular flexibility index (Phi) is 9.81. The van der Waals surface area contributed by atoms with Crippen molar-refractivity contribution < 1.29 is 0 Å². The van der Waals surface area contributed by atoms with Crippen molar-refractivity contribution in [3.05, 3.63) is 341 Å². The molecule has 1 nitrogen and oxygen atoms in total. The molecule has 0 heterocycles. The van der Waals surface area contributed by atoms with Crippen LogP contribution < -0.4 is 4.90 Å². The Bertz CT molecular complexity index is 4150. The van der Waals surface area contributed by atoms with Gasteiger partial charge in [0.25, 0.3) is 0 Å². The van der Waals surface area contributed by atoms with Crippen LogP contribution in [-0.2, 0) is 16.2 Å². The number of nitrogens with zero attached hydrogens (tertiary/aromatic N) is 1. The topological polar surface area (TPSA) is 3.24 Å². The van der Waals surface area contributed by atoms with Crippen LogP contribution >= 0.6 is 0 Å². The lowest BCUT2D eigenvalue weighted by molar-refractivity contribution is 0.666. The summed E-state index contributed by atoms with van der Waals surface area (Å²) in [6.45, 7) is 4.83. The summed E-state index contributed by atoms with van der Waals surface area (Å²) in [4.78, 5) is 2.61. The number of rotatable bonds is 8. The highest BCUT2D eigenvalue weighted by Crippen LogP contribution is 2.63. The maximum atomic E-state index is 2.61. The van der Waals surface area contributed by atoms with Crippen LogP contribution in [0.2, 0.25) is 0 Å². The average Bonchev–Trinajstić information content (AvgIpc) is 4.25. The van der Waals surface area contributed by atoms with Gasteiger partial charge in [0.2, 0.25) is 0 Å². The van der Waals surface area contributed by atoms with Crippen molar-refractivity contribution >= 4 is 27.8 Å². The molecule has 15 rings (SSSR count). The van der Waals surface area contributed by atoms with Crippen molar-refractivity contribution in [2.75, 3.05) is 4.90 Å². The minimum Gasteiger partial charge on any atom is -0.309 e. The first-order valence-electron chi connectivity index (χ1n) is 26.8. The Balaban J connectivity index is 1.00. The van der Waals surface area contributed by atoms with E-state index in [9.17, 15) is 0 Å². The zero-order valence-electron chi connectivity index (χ0n) is 42.6. The van der Waals surface area contributed by atoms with Gasteiger partial charge in [0.15, 0.2) is 0 Å². The summed E-state index contributed by atoms with van der Waals surface area (Å²) in [5, 5.41) is 2.53. The number of fused-ring (bicyclic) bond motifs is 11. The maximum absolute atomic E-state index is 2.61. The van der Waals surface area contributed by atoms with Gasteiger partial charge in [0.05, 0.1) is 22.2 Å². The molecular weight excluding hydrogens is 915 g/mol. The summed E-state index contributed by atoms with van der Waals surface area (Å²) in [6.07, 6.45) is 0. The van der Waals surface area contributed by atoms with E-state index in [1.54, 1.807) is 0 Å². The normalized spacial score (nSPS) is 14.5. The van der Waals surface area contributed by atoms with E-state index >= 15 is 0 Å². The molecule has 0 fully saturated rings. The molecule has 0 atom stereocenters. The van der Waals surface area contributed by atoms with Crippen LogP contribution in [0, 0.1) is 0 Å². The number of anilines is 3. The van der Waals surface area contributed by atoms with E-state index < -0.39 is 10.8 Å². The molecule has 358 valence electrons. The Morgan fingerprint density at radius 2 is 0.697 bits per heavy atom. The van der Waals surface area contributed by atoms with Gasteiger partial charge in [-0.2, -0.15) is 0 Å². The molecule has 0 spiro atoms. The molecule has 0 bridgehead atoms. The van der Waals surface area contributed by atoms with Crippen molar-refractivity contribution in [2.45, 2.75) is 30.1 Å². The molecule has 3 aliphatic carbocycles. The van der Waals surface area contributed by atoms with Crippen LogP contribution in [0.1, 0.15) is 69.5 Å². The molecule has 0 unspecified atom stereocenters. The molecule has 76 heavy (non-hydrogen) atoms. The van der Waals surface area contributed by atoms with E-state index in [-0.39, 0.29) is 5.41 Å². The van der Waals surface area contributed by atoms with E-state index in [0.717, 1.165) is 11.4 Å². The molecule has 0 aliphatic heterocycles. The van der Waals surface area contributed by atoms with Crippen LogP contribution in [-0.4, -0.2) is 0 Å². The smallest absolute Gasteiger partial charge is 0.0714 e. The standard InChI is InChI=1S/C75H53N/c1-73(2)62-39-20-17-35-59(62)71-68(49-51-25-15-16-34-58(51)72(71)73)76(67-44-24-43-66-70(67)61-37-19-22-41-64(61)75(66,54-30-11-5-12-31-54)55-32-13-6-14-33-55)56-47-45-50(46-48-56)57-38-23-42-65-69(57)60-36-18-21-40-63(60)74(65,52-26-7-3-8-27-52)53-28-9-4-10-29-53/h3-49H,1-2H3. The van der Waals surface area contributed by atoms with E-state index in [1.165, 1.54) is 117 Å². The monoisotopic (exact) mass is 967 g/mol. The molecule has 0 saturated carbocycles. The summed E-state index contributed by atoms with van der Waals surface area (Å²) in [6, 6.07) is 107. The second kappa shape index (κ2) is 16.9. The third-order valence-corrected chi connectivity index (χ3v) is 17.4. The molecule has 0 aromatic heterocycles. The number of hydrogen-bond acceptors (Lipinski definition) is 1.